The third-order valence-electron chi connectivity index (χ3n) is 3.62. The van der Waals surface area contributed by atoms with Gasteiger partial charge in [-0.05, 0) is 51.1 Å². The molecule has 2 aromatic heterocycles. The van der Waals surface area contributed by atoms with E-state index in [0.29, 0.717) is 11.4 Å². The van der Waals surface area contributed by atoms with E-state index in [9.17, 15) is 13.2 Å². The number of rotatable bonds is 5. The number of imidazole rings is 1. The van der Waals surface area contributed by atoms with Crippen LogP contribution in [0, 0.1) is 0 Å². The average molecular weight is 386 g/mol. The summed E-state index contributed by atoms with van der Waals surface area (Å²) in [7, 11) is -3.67. The standard InChI is InChI=1S/C19H22N4O3S/c1-19(2,3)22-27(25,26)16-8-6-7-14(11-16)21-18(24)12-15-13-23-10-5-4-9-17(23)20-15/h4-11,13,22H,12H2,1-3H3,(H,21,24). The minimum atomic E-state index is -3.67. The summed E-state index contributed by atoms with van der Waals surface area (Å²) in [5, 5.41) is 2.73. The molecule has 3 aromatic rings. The van der Waals surface area contributed by atoms with E-state index in [-0.39, 0.29) is 17.2 Å². The van der Waals surface area contributed by atoms with Crippen molar-refractivity contribution in [2.24, 2.45) is 0 Å². The zero-order valence-electron chi connectivity index (χ0n) is 15.4. The second kappa shape index (κ2) is 7.13. The summed E-state index contributed by atoms with van der Waals surface area (Å²) in [6.45, 7) is 5.31. The Morgan fingerprint density at radius 1 is 1.15 bits per heavy atom. The zero-order chi connectivity index (χ0) is 19.7. The maximum absolute atomic E-state index is 12.4. The fourth-order valence-electron chi connectivity index (χ4n) is 2.65. The molecule has 0 radical (unpaired) electrons. The molecule has 0 aliphatic carbocycles. The van der Waals surface area contributed by atoms with Crippen molar-refractivity contribution in [1.82, 2.24) is 14.1 Å². The highest BCUT2D eigenvalue weighted by Crippen LogP contribution is 2.18. The number of nitrogens with one attached hydrogen (secondary N) is 2. The number of benzene rings is 1. The number of sulfonamides is 1. The highest BCUT2D eigenvalue weighted by atomic mass is 32.2. The van der Waals surface area contributed by atoms with Gasteiger partial charge >= 0.3 is 0 Å². The van der Waals surface area contributed by atoms with Crippen molar-refractivity contribution in [3.05, 3.63) is 60.6 Å². The summed E-state index contributed by atoms with van der Waals surface area (Å²) >= 11 is 0. The van der Waals surface area contributed by atoms with E-state index in [1.807, 2.05) is 28.8 Å². The van der Waals surface area contributed by atoms with Crippen LogP contribution in [-0.2, 0) is 21.2 Å². The van der Waals surface area contributed by atoms with Crippen LogP contribution in [0.5, 0.6) is 0 Å². The first-order valence-electron chi connectivity index (χ1n) is 8.49. The van der Waals surface area contributed by atoms with Gasteiger partial charge < -0.3 is 9.72 Å². The van der Waals surface area contributed by atoms with Gasteiger partial charge in [0, 0.05) is 23.6 Å². The Kier molecular flexibility index (Phi) is 5.03. The van der Waals surface area contributed by atoms with Crippen LogP contribution in [-0.4, -0.2) is 29.2 Å². The summed E-state index contributed by atoms with van der Waals surface area (Å²) in [5.41, 5.74) is 1.22. The fourth-order valence-corrected chi connectivity index (χ4v) is 4.11. The molecule has 0 fully saturated rings. The van der Waals surface area contributed by atoms with Crippen molar-refractivity contribution in [1.29, 1.82) is 0 Å². The molecule has 7 nitrogen and oxygen atoms in total. The predicted octanol–water partition coefficient (Wildman–Crippen LogP) is 2.59. The topological polar surface area (TPSA) is 92.6 Å². The van der Waals surface area contributed by atoms with Gasteiger partial charge in [-0.1, -0.05) is 12.1 Å². The Balaban J connectivity index is 1.73. The molecule has 0 saturated heterocycles. The van der Waals surface area contributed by atoms with Crippen LogP contribution < -0.4 is 10.0 Å². The lowest BCUT2D eigenvalue weighted by molar-refractivity contribution is -0.115. The van der Waals surface area contributed by atoms with Gasteiger partial charge in [-0.2, -0.15) is 0 Å². The molecule has 8 heteroatoms. The maximum Gasteiger partial charge on any atom is 0.241 e. The van der Waals surface area contributed by atoms with Gasteiger partial charge in [0.1, 0.15) is 5.65 Å². The molecule has 2 N–H and O–H groups in total. The summed E-state index contributed by atoms with van der Waals surface area (Å²) in [5.74, 6) is -0.267. The molecule has 1 amide bonds. The molecule has 1 aromatic carbocycles. The number of hydrogen-bond acceptors (Lipinski definition) is 4. The Morgan fingerprint density at radius 3 is 2.63 bits per heavy atom. The highest BCUT2D eigenvalue weighted by molar-refractivity contribution is 7.89. The van der Waals surface area contributed by atoms with E-state index in [4.69, 9.17) is 0 Å². The molecule has 0 saturated carbocycles. The molecular formula is C19H22N4O3S. The number of nitrogens with zero attached hydrogens (tertiary/aromatic N) is 2. The van der Waals surface area contributed by atoms with Crippen LogP contribution in [0.3, 0.4) is 0 Å². The van der Waals surface area contributed by atoms with E-state index in [1.165, 1.54) is 12.1 Å². The first kappa shape index (κ1) is 19.1. The molecule has 0 spiro atoms. The Bertz CT molecular complexity index is 1050. The Morgan fingerprint density at radius 2 is 1.93 bits per heavy atom. The lowest BCUT2D eigenvalue weighted by atomic mass is 10.1. The molecule has 0 atom stereocenters. The lowest BCUT2D eigenvalue weighted by Crippen LogP contribution is -2.40. The van der Waals surface area contributed by atoms with E-state index in [0.717, 1.165) is 5.65 Å². The van der Waals surface area contributed by atoms with Crippen molar-refractivity contribution >= 4 is 27.3 Å². The van der Waals surface area contributed by atoms with Crippen molar-refractivity contribution in [2.75, 3.05) is 5.32 Å². The van der Waals surface area contributed by atoms with Crippen molar-refractivity contribution in [3.63, 3.8) is 0 Å². The number of aromatic nitrogens is 2. The smallest absolute Gasteiger partial charge is 0.241 e. The molecule has 2 heterocycles. The monoisotopic (exact) mass is 386 g/mol. The van der Waals surface area contributed by atoms with E-state index in [1.54, 1.807) is 39.1 Å². The molecule has 0 unspecified atom stereocenters. The number of hydrogen-bond donors (Lipinski definition) is 2. The highest BCUT2D eigenvalue weighted by Gasteiger charge is 2.22. The van der Waals surface area contributed by atoms with Gasteiger partial charge in [0.25, 0.3) is 0 Å². The van der Waals surface area contributed by atoms with Crippen LogP contribution in [0.1, 0.15) is 26.5 Å². The van der Waals surface area contributed by atoms with Crippen LogP contribution in [0.4, 0.5) is 5.69 Å². The molecule has 0 aliphatic rings. The number of amides is 1. The molecule has 3 rings (SSSR count). The zero-order valence-corrected chi connectivity index (χ0v) is 16.2. The van der Waals surface area contributed by atoms with E-state index < -0.39 is 15.6 Å². The molecule has 142 valence electrons. The summed E-state index contributed by atoms with van der Waals surface area (Å²) in [6, 6.07) is 11.8. The van der Waals surface area contributed by atoms with Crippen molar-refractivity contribution < 1.29 is 13.2 Å². The number of anilines is 1. The van der Waals surface area contributed by atoms with Gasteiger partial charge in [0.15, 0.2) is 0 Å². The second-order valence-corrected chi connectivity index (χ2v) is 8.99. The van der Waals surface area contributed by atoms with Gasteiger partial charge in [0.05, 0.1) is 17.0 Å². The summed E-state index contributed by atoms with van der Waals surface area (Å²) in [6.07, 6.45) is 3.75. The Labute approximate surface area is 158 Å². The van der Waals surface area contributed by atoms with E-state index >= 15 is 0 Å². The maximum atomic E-state index is 12.4. The molecule has 0 bridgehead atoms. The third-order valence-corrected chi connectivity index (χ3v) is 5.38. The number of pyridine rings is 1. The summed E-state index contributed by atoms with van der Waals surface area (Å²) < 4.78 is 29.3. The lowest BCUT2D eigenvalue weighted by Gasteiger charge is -2.20. The minimum Gasteiger partial charge on any atom is -0.326 e. The quantitative estimate of drug-likeness (QED) is 0.705. The first-order valence-corrected chi connectivity index (χ1v) is 9.97. The minimum absolute atomic E-state index is 0.0961. The van der Waals surface area contributed by atoms with Crippen LogP contribution in [0.15, 0.2) is 59.8 Å². The van der Waals surface area contributed by atoms with Gasteiger partial charge in [-0.25, -0.2) is 18.1 Å². The van der Waals surface area contributed by atoms with Crippen molar-refractivity contribution in [3.8, 4) is 0 Å². The first-order chi connectivity index (χ1) is 12.6. The molecule has 27 heavy (non-hydrogen) atoms. The molecular weight excluding hydrogens is 364 g/mol. The average Bonchev–Trinajstić information content (AvgIpc) is 2.94. The second-order valence-electron chi connectivity index (χ2n) is 7.31. The SMILES string of the molecule is CC(C)(C)NS(=O)(=O)c1cccc(NC(=O)Cc2cn3ccccc3n2)c1. The number of carbonyl (C=O) groups excluding carboxylic acids is 1. The van der Waals surface area contributed by atoms with Crippen LogP contribution in [0.25, 0.3) is 5.65 Å². The van der Waals surface area contributed by atoms with Crippen LogP contribution in [0.2, 0.25) is 0 Å². The van der Waals surface area contributed by atoms with E-state index in [2.05, 4.69) is 15.0 Å². The molecule has 0 aliphatic heterocycles. The summed E-state index contributed by atoms with van der Waals surface area (Å²) in [4.78, 5) is 16.8. The fraction of sp³-hybridized carbons (Fsp3) is 0.263. The third kappa shape index (κ3) is 4.93. The van der Waals surface area contributed by atoms with Crippen molar-refractivity contribution in [2.45, 2.75) is 37.6 Å². The number of carbonyl (C=O) groups is 1. The largest absolute Gasteiger partial charge is 0.326 e. The van der Waals surface area contributed by atoms with Gasteiger partial charge in [0.2, 0.25) is 15.9 Å². The predicted molar refractivity (Wildman–Crippen MR) is 104 cm³/mol. The van der Waals surface area contributed by atoms with Crippen LogP contribution >= 0.6 is 0 Å². The normalized spacial score (nSPS) is 12.3. The number of fused-ring (bicyclic) bond motifs is 1. The Hall–Kier alpha value is -2.71. The van der Waals surface area contributed by atoms with Gasteiger partial charge in [-0.3, -0.25) is 4.79 Å². The van der Waals surface area contributed by atoms with Gasteiger partial charge in [-0.15, -0.1) is 0 Å².